The molecule has 0 aliphatic heterocycles. The molecular formula is C10H11F3N4. The lowest BCUT2D eigenvalue weighted by Gasteiger charge is -2.07. The van der Waals surface area contributed by atoms with Crippen LogP contribution in [0, 0.1) is 0 Å². The molecule has 0 bridgehead atoms. The van der Waals surface area contributed by atoms with Crippen molar-refractivity contribution >= 4 is 11.6 Å². The van der Waals surface area contributed by atoms with Crippen LogP contribution in [0.4, 0.5) is 19.1 Å². The monoisotopic (exact) mass is 244 g/mol. The second-order valence-corrected chi connectivity index (χ2v) is 3.57. The first-order chi connectivity index (χ1) is 8.01. The predicted molar refractivity (Wildman–Crippen MR) is 56.9 cm³/mol. The largest absolute Gasteiger partial charge is 0.405 e. The summed E-state index contributed by atoms with van der Waals surface area (Å²) < 4.78 is 37.7. The average Bonchev–Trinajstić information content (AvgIpc) is 2.68. The van der Waals surface area contributed by atoms with E-state index in [1.165, 1.54) is 4.40 Å². The van der Waals surface area contributed by atoms with Gasteiger partial charge in [0.25, 0.3) is 0 Å². The van der Waals surface area contributed by atoms with Crippen LogP contribution in [0.2, 0.25) is 0 Å². The highest BCUT2D eigenvalue weighted by Gasteiger charge is 2.27. The van der Waals surface area contributed by atoms with Crippen LogP contribution in [-0.2, 0) is 6.42 Å². The molecule has 0 aliphatic rings. The van der Waals surface area contributed by atoms with Crippen molar-refractivity contribution in [2.45, 2.75) is 19.5 Å². The van der Waals surface area contributed by atoms with Crippen LogP contribution in [0.5, 0.6) is 0 Å². The van der Waals surface area contributed by atoms with Crippen molar-refractivity contribution in [2.24, 2.45) is 0 Å². The first kappa shape index (κ1) is 11.7. The third-order valence-corrected chi connectivity index (χ3v) is 2.34. The summed E-state index contributed by atoms with van der Waals surface area (Å²) >= 11 is 0. The molecule has 1 N–H and O–H groups in total. The normalized spacial score (nSPS) is 12.0. The zero-order valence-electron chi connectivity index (χ0n) is 9.12. The van der Waals surface area contributed by atoms with Crippen molar-refractivity contribution in [3.05, 3.63) is 23.9 Å². The molecule has 0 unspecified atom stereocenters. The summed E-state index contributed by atoms with van der Waals surface area (Å²) in [6, 6.07) is 3.63. The summed E-state index contributed by atoms with van der Waals surface area (Å²) in [5.74, 6) is 0.104. The molecule has 2 rings (SSSR count). The van der Waals surface area contributed by atoms with Crippen LogP contribution in [-0.4, -0.2) is 27.3 Å². The van der Waals surface area contributed by atoms with E-state index in [4.69, 9.17) is 0 Å². The number of fused-ring (bicyclic) bond motifs is 1. The van der Waals surface area contributed by atoms with E-state index in [1.54, 1.807) is 12.3 Å². The zero-order chi connectivity index (χ0) is 12.5. The summed E-state index contributed by atoms with van der Waals surface area (Å²) in [4.78, 5) is 0. The number of nitrogens with one attached hydrogen (secondary N) is 1. The summed E-state index contributed by atoms with van der Waals surface area (Å²) in [7, 11) is 0. The smallest absolute Gasteiger partial charge is 0.345 e. The Morgan fingerprint density at radius 1 is 1.35 bits per heavy atom. The molecule has 0 aromatic carbocycles. The lowest BCUT2D eigenvalue weighted by molar-refractivity contribution is -0.115. The molecule has 0 saturated heterocycles. The molecule has 0 fully saturated rings. The van der Waals surface area contributed by atoms with Gasteiger partial charge in [-0.15, -0.1) is 10.2 Å². The highest BCUT2D eigenvalue weighted by molar-refractivity contribution is 5.51. The Morgan fingerprint density at radius 3 is 2.76 bits per heavy atom. The quantitative estimate of drug-likeness (QED) is 0.900. The SMILES string of the molecule is CCc1cccn2c(NCC(F)(F)F)nnc12. The molecule has 7 heteroatoms. The van der Waals surface area contributed by atoms with E-state index in [-0.39, 0.29) is 5.95 Å². The van der Waals surface area contributed by atoms with Gasteiger partial charge in [0, 0.05) is 6.20 Å². The first-order valence-corrected chi connectivity index (χ1v) is 5.14. The summed E-state index contributed by atoms with van der Waals surface area (Å²) in [5, 5.41) is 9.81. The Morgan fingerprint density at radius 2 is 2.12 bits per heavy atom. The van der Waals surface area contributed by atoms with Gasteiger partial charge in [-0.25, -0.2) is 0 Å². The number of rotatable bonds is 3. The van der Waals surface area contributed by atoms with Gasteiger partial charge in [0.05, 0.1) is 0 Å². The summed E-state index contributed by atoms with van der Waals surface area (Å²) in [6.07, 6.45) is -1.89. The number of nitrogens with zero attached hydrogens (tertiary/aromatic N) is 3. The standard InChI is InChI=1S/C10H11F3N4/c1-2-7-4-3-5-17-8(7)15-16-9(17)14-6-10(11,12)13/h3-5H,2,6H2,1H3,(H,14,16). The number of alkyl halides is 3. The maximum absolute atomic E-state index is 12.1. The van der Waals surface area contributed by atoms with Gasteiger partial charge in [0.2, 0.25) is 5.95 Å². The molecule has 0 radical (unpaired) electrons. The number of anilines is 1. The zero-order valence-corrected chi connectivity index (χ0v) is 9.12. The molecule has 17 heavy (non-hydrogen) atoms. The Kier molecular flexibility index (Phi) is 2.91. The van der Waals surface area contributed by atoms with Gasteiger partial charge in [-0.1, -0.05) is 13.0 Å². The minimum atomic E-state index is -4.27. The molecule has 4 nitrogen and oxygen atoms in total. The number of aryl methyl sites for hydroxylation is 1. The molecule has 0 saturated carbocycles. The van der Waals surface area contributed by atoms with Gasteiger partial charge < -0.3 is 5.32 Å². The van der Waals surface area contributed by atoms with Crippen LogP contribution >= 0.6 is 0 Å². The highest BCUT2D eigenvalue weighted by atomic mass is 19.4. The Hall–Kier alpha value is -1.79. The van der Waals surface area contributed by atoms with E-state index >= 15 is 0 Å². The number of aromatic nitrogens is 3. The maximum Gasteiger partial charge on any atom is 0.405 e. The summed E-state index contributed by atoms with van der Waals surface area (Å²) in [5.41, 5.74) is 1.53. The van der Waals surface area contributed by atoms with Gasteiger partial charge in [0.1, 0.15) is 6.54 Å². The first-order valence-electron chi connectivity index (χ1n) is 5.14. The fraction of sp³-hybridized carbons (Fsp3) is 0.400. The van der Waals surface area contributed by atoms with Gasteiger partial charge in [-0.2, -0.15) is 13.2 Å². The number of halogens is 3. The lowest BCUT2D eigenvalue weighted by atomic mass is 10.2. The van der Waals surface area contributed by atoms with E-state index in [0.29, 0.717) is 5.65 Å². The van der Waals surface area contributed by atoms with Crippen LogP contribution < -0.4 is 5.32 Å². The van der Waals surface area contributed by atoms with Crippen molar-refractivity contribution < 1.29 is 13.2 Å². The van der Waals surface area contributed by atoms with E-state index < -0.39 is 12.7 Å². The molecule has 2 aromatic heterocycles. The van der Waals surface area contributed by atoms with Gasteiger partial charge in [-0.05, 0) is 18.1 Å². The second-order valence-electron chi connectivity index (χ2n) is 3.57. The third-order valence-electron chi connectivity index (χ3n) is 2.34. The minimum absolute atomic E-state index is 0.104. The van der Waals surface area contributed by atoms with Gasteiger partial charge in [0.15, 0.2) is 5.65 Å². The second kappa shape index (κ2) is 4.23. The van der Waals surface area contributed by atoms with Crippen LogP contribution in [0.1, 0.15) is 12.5 Å². The topological polar surface area (TPSA) is 42.2 Å². The molecule has 2 heterocycles. The van der Waals surface area contributed by atoms with Crippen molar-refractivity contribution in [3.63, 3.8) is 0 Å². The van der Waals surface area contributed by atoms with E-state index in [1.807, 2.05) is 13.0 Å². The molecule has 0 amide bonds. The highest BCUT2D eigenvalue weighted by Crippen LogP contribution is 2.17. The third kappa shape index (κ3) is 2.48. The van der Waals surface area contributed by atoms with Crippen LogP contribution in [0.25, 0.3) is 5.65 Å². The van der Waals surface area contributed by atoms with Crippen molar-refractivity contribution in [1.29, 1.82) is 0 Å². The van der Waals surface area contributed by atoms with Crippen molar-refractivity contribution in [1.82, 2.24) is 14.6 Å². The van der Waals surface area contributed by atoms with Gasteiger partial charge >= 0.3 is 6.18 Å². The Labute approximate surface area is 95.5 Å². The molecule has 0 aliphatic carbocycles. The molecule has 0 spiro atoms. The number of hydrogen-bond acceptors (Lipinski definition) is 3. The van der Waals surface area contributed by atoms with Crippen LogP contribution in [0.3, 0.4) is 0 Å². The molecular weight excluding hydrogens is 233 g/mol. The van der Waals surface area contributed by atoms with Crippen molar-refractivity contribution in [3.8, 4) is 0 Å². The molecule has 92 valence electrons. The van der Waals surface area contributed by atoms with E-state index in [0.717, 1.165) is 12.0 Å². The Balaban J connectivity index is 2.30. The predicted octanol–water partition coefficient (Wildman–Crippen LogP) is 2.27. The minimum Gasteiger partial charge on any atom is -0.345 e. The number of hydrogen-bond donors (Lipinski definition) is 1. The fourth-order valence-corrected chi connectivity index (χ4v) is 1.55. The van der Waals surface area contributed by atoms with E-state index in [2.05, 4.69) is 15.5 Å². The lowest BCUT2D eigenvalue weighted by Crippen LogP contribution is -2.22. The van der Waals surface area contributed by atoms with Gasteiger partial charge in [-0.3, -0.25) is 4.40 Å². The average molecular weight is 244 g/mol. The fourth-order valence-electron chi connectivity index (χ4n) is 1.55. The van der Waals surface area contributed by atoms with E-state index in [9.17, 15) is 13.2 Å². The molecule has 0 atom stereocenters. The number of pyridine rings is 1. The Bertz CT molecular complexity index is 518. The maximum atomic E-state index is 12.1. The molecule has 2 aromatic rings. The summed E-state index contributed by atoms with van der Waals surface area (Å²) in [6.45, 7) is 0.830. The van der Waals surface area contributed by atoms with Crippen LogP contribution in [0.15, 0.2) is 18.3 Å². The van der Waals surface area contributed by atoms with Crippen molar-refractivity contribution in [2.75, 3.05) is 11.9 Å².